The summed E-state index contributed by atoms with van der Waals surface area (Å²) < 4.78 is 5.56. The van der Waals surface area contributed by atoms with Gasteiger partial charge < -0.3 is 9.73 Å². The molecule has 5 heteroatoms. The van der Waals surface area contributed by atoms with Crippen molar-refractivity contribution in [3.63, 3.8) is 0 Å². The summed E-state index contributed by atoms with van der Waals surface area (Å²) in [5.74, 6) is 1.76. The van der Waals surface area contributed by atoms with E-state index in [1.807, 2.05) is 30.3 Å². The monoisotopic (exact) mass is 271 g/mol. The molecular weight excluding hydrogens is 254 g/mol. The SMILES string of the molecule is O=C(CCc1nnc(-c2ccccc2)o1)NCC1CC1. The second kappa shape index (κ2) is 5.86. The van der Waals surface area contributed by atoms with Crippen LogP contribution in [0.5, 0.6) is 0 Å². The minimum absolute atomic E-state index is 0.0522. The minimum Gasteiger partial charge on any atom is -0.421 e. The quantitative estimate of drug-likeness (QED) is 0.874. The van der Waals surface area contributed by atoms with Crippen molar-refractivity contribution in [1.82, 2.24) is 15.5 Å². The average Bonchev–Trinajstić information content (AvgIpc) is 3.20. The normalized spacial score (nSPS) is 14.2. The number of hydrogen-bond donors (Lipinski definition) is 1. The van der Waals surface area contributed by atoms with Crippen molar-refractivity contribution in [3.05, 3.63) is 36.2 Å². The maximum Gasteiger partial charge on any atom is 0.247 e. The summed E-state index contributed by atoms with van der Waals surface area (Å²) in [5.41, 5.74) is 0.893. The number of nitrogens with one attached hydrogen (secondary N) is 1. The topological polar surface area (TPSA) is 68.0 Å². The molecule has 3 rings (SSSR count). The number of amides is 1. The van der Waals surface area contributed by atoms with Crippen LogP contribution in [0.15, 0.2) is 34.7 Å². The summed E-state index contributed by atoms with van der Waals surface area (Å²) in [5, 5.41) is 10.9. The highest BCUT2D eigenvalue weighted by molar-refractivity contribution is 5.76. The predicted octanol–water partition coefficient (Wildman–Crippen LogP) is 2.20. The molecule has 1 aliphatic rings. The van der Waals surface area contributed by atoms with Crippen LogP contribution in [0.2, 0.25) is 0 Å². The molecule has 1 N–H and O–H groups in total. The van der Waals surface area contributed by atoms with E-state index < -0.39 is 0 Å². The van der Waals surface area contributed by atoms with E-state index in [2.05, 4.69) is 15.5 Å². The molecule has 1 heterocycles. The van der Waals surface area contributed by atoms with Crippen LogP contribution in [0.1, 0.15) is 25.2 Å². The molecule has 1 saturated carbocycles. The smallest absolute Gasteiger partial charge is 0.247 e. The predicted molar refractivity (Wildman–Crippen MR) is 73.8 cm³/mol. The summed E-state index contributed by atoms with van der Waals surface area (Å²) in [4.78, 5) is 11.6. The first-order chi connectivity index (χ1) is 9.81. The second-order valence-corrected chi connectivity index (χ2v) is 5.11. The van der Waals surface area contributed by atoms with Gasteiger partial charge in [0.15, 0.2) is 0 Å². The minimum atomic E-state index is 0.0522. The molecule has 2 aromatic rings. The van der Waals surface area contributed by atoms with E-state index in [1.165, 1.54) is 12.8 Å². The van der Waals surface area contributed by atoms with E-state index in [9.17, 15) is 4.79 Å². The van der Waals surface area contributed by atoms with E-state index in [0.717, 1.165) is 12.1 Å². The molecule has 0 radical (unpaired) electrons. The van der Waals surface area contributed by atoms with Gasteiger partial charge in [-0.1, -0.05) is 18.2 Å². The lowest BCUT2D eigenvalue weighted by Crippen LogP contribution is -2.25. The Morgan fingerprint density at radius 1 is 1.25 bits per heavy atom. The van der Waals surface area contributed by atoms with Gasteiger partial charge in [-0.15, -0.1) is 10.2 Å². The van der Waals surface area contributed by atoms with E-state index in [1.54, 1.807) is 0 Å². The van der Waals surface area contributed by atoms with Crippen LogP contribution in [0.4, 0.5) is 0 Å². The van der Waals surface area contributed by atoms with Crippen LogP contribution in [0, 0.1) is 5.92 Å². The first kappa shape index (κ1) is 12.8. The number of nitrogens with zero attached hydrogens (tertiary/aromatic N) is 2. The van der Waals surface area contributed by atoms with E-state index in [-0.39, 0.29) is 5.91 Å². The Morgan fingerprint density at radius 3 is 2.80 bits per heavy atom. The van der Waals surface area contributed by atoms with Gasteiger partial charge in [-0.2, -0.15) is 0 Å². The van der Waals surface area contributed by atoms with Crippen molar-refractivity contribution in [2.24, 2.45) is 5.92 Å². The highest BCUT2D eigenvalue weighted by Gasteiger charge is 2.21. The Bertz CT molecular complexity index is 576. The number of aromatic nitrogens is 2. The number of carbonyl (C=O) groups is 1. The Balaban J connectivity index is 1.50. The van der Waals surface area contributed by atoms with Gasteiger partial charge in [0, 0.05) is 24.9 Å². The second-order valence-electron chi connectivity index (χ2n) is 5.11. The summed E-state index contributed by atoms with van der Waals surface area (Å²) >= 11 is 0. The molecule has 0 spiro atoms. The Hall–Kier alpha value is -2.17. The van der Waals surface area contributed by atoms with Crippen LogP contribution in [0.25, 0.3) is 11.5 Å². The van der Waals surface area contributed by atoms with Crippen molar-refractivity contribution in [3.8, 4) is 11.5 Å². The first-order valence-electron chi connectivity index (χ1n) is 6.96. The summed E-state index contributed by atoms with van der Waals surface area (Å²) in [6.45, 7) is 0.804. The molecule has 20 heavy (non-hydrogen) atoms. The van der Waals surface area contributed by atoms with E-state index >= 15 is 0 Å². The van der Waals surface area contributed by atoms with Crippen molar-refractivity contribution in [2.75, 3.05) is 6.54 Å². The Kier molecular flexibility index (Phi) is 3.76. The molecule has 5 nitrogen and oxygen atoms in total. The molecule has 104 valence electrons. The standard InChI is InChI=1S/C15H17N3O2/c19-13(16-10-11-6-7-11)8-9-14-17-18-15(20-14)12-4-2-1-3-5-12/h1-5,11H,6-10H2,(H,16,19). The molecule has 1 aromatic carbocycles. The van der Waals surface area contributed by atoms with Crippen LogP contribution < -0.4 is 5.32 Å². The third-order valence-electron chi connectivity index (χ3n) is 3.34. The summed E-state index contributed by atoms with van der Waals surface area (Å²) in [7, 11) is 0. The molecule has 1 amide bonds. The molecular formula is C15H17N3O2. The fourth-order valence-electron chi connectivity index (χ4n) is 1.94. The van der Waals surface area contributed by atoms with Crippen LogP contribution in [-0.4, -0.2) is 22.6 Å². The fourth-order valence-corrected chi connectivity index (χ4v) is 1.94. The van der Waals surface area contributed by atoms with Gasteiger partial charge in [0.1, 0.15) is 0 Å². The number of rotatable bonds is 6. The van der Waals surface area contributed by atoms with Gasteiger partial charge in [0.05, 0.1) is 0 Å². The molecule has 0 unspecified atom stereocenters. The fraction of sp³-hybridized carbons (Fsp3) is 0.400. The third-order valence-corrected chi connectivity index (χ3v) is 3.34. The number of hydrogen-bond acceptors (Lipinski definition) is 4. The van der Waals surface area contributed by atoms with Crippen molar-refractivity contribution < 1.29 is 9.21 Å². The average molecular weight is 271 g/mol. The summed E-state index contributed by atoms with van der Waals surface area (Å²) in [6, 6.07) is 9.61. The largest absolute Gasteiger partial charge is 0.421 e. The van der Waals surface area contributed by atoms with Gasteiger partial charge in [0.25, 0.3) is 0 Å². The molecule has 1 aromatic heterocycles. The van der Waals surface area contributed by atoms with Crippen molar-refractivity contribution in [2.45, 2.75) is 25.7 Å². The molecule has 0 bridgehead atoms. The van der Waals surface area contributed by atoms with Crippen LogP contribution in [0.3, 0.4) is 0 Å². The zero-order valence-corrected chi connectivity index (χ0v) is 11.2. The van der Waals surface area contributed by atoms with Gasteiger partial charge in [-0.25, -0.2) is 0 Å². The van der Waals surface area contributed by atoms with E-state index in [0.29, 0.717) is 30.5 Å². The van der Waals surface area contributed by atoms with Crippen LogP contribution in [-0.2, 0) is 11.2 Å². The zero-order valence-electron chi connectivity index (χ0n) is 11.2. The maximum atomic E-state index is 11.6. The lowest BCUT2D eigenvalue weighted by molar-refractivity contribution is -0.121. The van der Waals surface area contributed by atoms with Gasteiger partial charge in [0.2, 0.25) is 17.7 Å². The lowest BCUT2D eigenvalue weighted by Gasteiger charge is -2.01. The Morgan fingerprint density at radius 2 is 2.05 bits per heavy atom. The van der Waals surface area contributed by atoms with Crippen LogP contribution >= 0.6 is 0 Å². The van der Waals surface area contributed by atoms with Crippen molar-refractivity contribution in [1.29, 1.82) is 0 Å². The third kappa shape index (κ3) is 3.44. The van der Waals surface area contributed by atoms with Gasteiger partial charge in [-0.05, 0) is 30.9 Å². The first-order valence-corrected chi connectivity index (χ1v) is 6.96. The molecule has 1 fully saturated rings. The highest BCUT2D eigenvalue weighted by atomic mass is 16.4. The van der Waals surface area contributed by atoms with Crippen molar-refractivity contribution >= 4 is 5.91 Å². The number of carbonyl (C=O) groups excluding carboxylic acids is 1. The Labute approximate surface area is 117 Å². The molecule has 0 atom stereocenters. The molecule has 0 saturated heterocycles. The maximum absolute atomic E-state index is 11.6. The molecule has 1 aliphatic carbocycles. The molecule has 0 aliphatic heterocycles. The van der Waals surface area contributed by atoms with Gasteiger partial charge in [-0.3, -0.25) is 4.79 Å². The highest BCUT2D eigenvalue weighted by Crippen LogP contribution is 2.27. The number of benzene rings is 1. The van der Waals surface area contributed by atoms with Gasteiger partial charge >= 0.3 is 0 Å². The number of aryl methyl sites for hydroxylation is 1. The summed E-state index contributed by atoms with van der Waals surface area (Å²) in [6.07, 6.45) is 3.36. The van der Waals surface area contributed by atoms with E-state index in [4.69, 9.17) is 4.42 Å². The zero-order chi connectivity index (χ0) is 13.8. The lowest BCUT2D eigenvalue weighted by atomic mass is 10.2.